The molecular weight excluding hydrogens is 212 g/mol. The van der Waals surface area contributed by atoms with Crippen molar-refractivity contribution < 1.29 is 9.90 Å². The van der Waals surface area contributed by atoms with Crippen LogP contribution in [-0.2, 0) is 4.79 Å². The maximum Gasteiger partial charge on any atom is 0.132 e. The largest absolute Gasteiger partial charge is 0.393 e. The van der Waals surface area contributed by atoms with E-state index in [1.54, 1.807) is 6.92 Å². The predicted octanol–water partition coefficient (Wildman–Crippen LogP) is 4.25. The summed E-state index contributed by atoms with van der Waals surface area (Å²) in [4.78, 5) is 10.8. The van der Waals surface area contributed by atoms with E-state index in [0.717, 1.165) is 12.8 Å². The molecular formula is C15H30O2. The van der Waals surface area contributed by atoms with Gasteiger partial charge < -0.3 is 5.11 Å². The maximum atomic E-state index is 10.8. The summed E-state index contributed by atoms with van der Waals surface area (Å²) in [6, 6.07) is 0. The van der Waals surface area contributed by atoms with E-state index in [1.807, 2.05) is 0 Å². The van der Waals surface area contributed by atoms with Gasteiger partial charge in [0.15, 0.2) is 0 Å². The lowest BCUT2D eigenvalue weighted by Gasteiger charge is -2.07. The second kappa shape index (κ2) is 12.1. The van der Waals surface area contributed by atoms with Crippen molar-refractivity contribution in [3.8, 4) is 0 Å². The van der Waals surface area contributed by atoms with E-state index >= 15 is 0 Å². The fourth-order valence-electron chi connectivity index (χ4n) is 2.12. The Morgan fingerprint density at radius 3 is 1.88 bits per heavy atom. The molecule has 0 aliphatic carbocycles. The summed E-state index contributed by atoms with van der Waals surface area (Å²) in [7, 11) is 0. The smallest absolute Gasteiger partial charge is 0.132 e. The average molecular weight is 242 g/mol. The number of Topliss-reactive ketones (excluding diaryl/α,β-unsaturated/α-hetero) is 1. The molecule has 0 radical (unpaired) electrons. The van der Waals surface area contributed by atoms with Crippen molar-refractivity contribution in [3.63, 3.8) is 0 Å². The van der Waals surface area contributed by atoms with Crippen LogP contribution in [0.5, 0.6) is 0 Å². The van der Waals surface area contributed by atoms with Gasteiger partial charge in [-0.2, -0.15) is 0 Å². The van der Waals surface area contributed by atoms with Crippen LogP contribution in [0, 0.1) is 0 Å². The molecule has 1 atom stereocenters. The molecule has 0 aromatic heterocycles. The summed E-state index contributed by atoms with van der Waals surface area (Å²) in [5.74, 6) is 0.0911. The van der Waals surface area contributed by atoms with Crippen LogP contribution in [0.4, 0.5) is 0 Å². The Kier molecular flexibility index (Phi) is 11.8. The molecule has 0 bridgehead atoms. The van der Waals surface area contributed by atoms with Crippen LogP contribution in [-0.4, -0.2) is 17.0 Å². The van der Waals surface area contributed by atoms with E-state index in [0.29, 0.717) is 6.42 Å². The second-order valence-corrected chi connectivity index (χ2v) is 5.18. The first-order valence-electron chi connectivity index (χ1n) is 7.34. The van der Waals surface area contributed by atoms with E-state index < -0.39 is 6.10 Å². The molecule has 17 heavy (non-hydrogen) atoms. The van der Waals surface area contributed by atoms with Crippen molar-refractivity contribution in [1.29, 1.82) is 0 Å². The van der Waals surface area contributed by atoms with Gasteiger partial charge in [-0.1, -0.05) is 64.7 Å². The number of rotatable bonds is 12. The zero-order valence-electron chi connectivity index (χ0n) is 11.7. The minimum absolute atomic E-state index is 0.0911. The minimum atomic E-state index is -0.406. The molecule has 0 saturated carbocycles. The van der Waals surface area contributed by atoms with Gasteiger partial charge in [0.25, 0.3) is 0 Å². The summed E-state index contributed by atoms with van der Waals surface area (Å²) >= 11 is 0. The van der Waals surface area contributed by atoms with Crippen molar-refractivity contribution in [2.24, 2.45) is 0 Å². The molecule has 0 unspecified atom stereocenters. The SMILES string of the molecule is CCCCCCCCCCC[C@H](O)CC(C)=O. The number of ketones is 1. The third-order valence-electron chi connectivity index (χ3n) is 3.16. The molecule has 0 saturated heterocycles. The highest BCUT2D eigenvalue weighted by Gasteiger charge is 2.06. The summed E-state index contributed by atoms with van der Waals surface area (Å²) in [5, 5.41) is 9.50. The minimum Gasteiger partial charge on any atom is -0.393 e. The standard InChI is InChI=1S/C15H30O2/c1-3-4-5-6-7-8-9-10-11-12-15(17)13-14(2)16/h15,17H,3-13H2,1-2H3/t15-/m0/s1. The summed E-state index contributed by atoms with van der Waals surface area (Å²) < 4.78 is 0. The quantitative estimate of drug-likeness (QED) is 0.519. The zero-order chi connectivity index (χ0) is 12.9. The van der Waals surface area contributed by atoms with Gasteiger partial charge >= 0.3 is 0 Å². The lowest BCUT2D eigenvalue weighted by atomic mass is 10.0. The summed E-state index contributed by atoms with van der Waals surface area (Å²) in [6.45, 7) is 3.78. The molecule has 0 fully saturated rings. The van der Waals surface area contributed by atoms with E-state index in [1.165, 1.54) is 51.4 Å². The van der Waals surface area contributed by atoms with Gasteiger partial charge in [-0.05, 0) is 13.3 Å². The van der Waals surface area contributed by atoms with Gasteiger partial charge in [0, 0.05) is 6.42 Å². The topological polar surface area (TPSA) is 37.3 Å². The Morgan fingerprint density at radius 1 is 0.941 bits per heavy atom. The highest BCUT2D eigenvalue weighted by molar-refractivity contribution is 5.75. The van der Waals surface area contributed by atoms with Crippen molar-refractivity contribution in [2.75, 3.05) is 0 Å². The van der Waals surface area contributed by atoms with E-state index in [9.17, 15) is 9.90 Å². The Hall–Kier alpha value is -0.370. The second-order valence-electron chi connectivity index (χ2n) is 5.18. The van der Waals surface area contributed by atoms with Crippen molar-refractivity contribution in [3.05, 3.63) is 0 Å². The van der Waals surface area contributed by atoms with Gasteiger partial charge in [0.1, 0.15) is 5.78 Å². The highest BCUT2D eigenvalue weighted by Crippen LogP contribution is 2.12. The van der Waals surface area contributed by atoms with Crippen LogP contribution in [0.15, 0.2) is 0 Å². The number of aliphatic hydroxyl groups excluding tert-OH is 1. The molecule has 0 aliphatic heterocycles. The van der Waals surface area contributed by atoms with Crippen LogP contribution >= 0.6 is 0 Å². The van der Waals surface area contributed by atoms with Gasteiger partial charge in [-0.3, -0.25) is 4.79 Å². The molecule has 0 heterocycles. The Labute approximate surface area is 107 Å². The van der Waals surface area contributed by atoms with E-state index in [-0.39, 0.29) is 5.78 Å². The molecule has 1 N–H and O–H groups in total. The van der Waals surface area contributed by atoms with Crippen molar-refractivity contribution in [1.82, 2.24) is 0 Å². The summed E-state index contributed by atoms with van der Waals surface area (Å²) in [6.07, 6.45) is 12.4. The zero-order valence-corrected chi connectivity index (χ0v) is 11.7. The molecule has 2 nitrogen and oxygen atoms in total. The third kappa shape index (κ3) is 13.6. The van der Waals surface area contributed by atoms with Gasteiger partial charge in [0.2, 0.25) is 0 Å². The monoisotopic (exact) mass is 242 g/mol. The average Bonchev–Trinajstić information content (AvgIpc) is 2.26. The first-order valence-corrected chi connectivity index (χ1v) is 7.34. The molecule has 0 aromatic carbocycles. The lowest BCUT2D eigenvalue weighted by Crippen LogP contribution is -2.10. The van der Waals surface area contributed by atoms with Crippen LogP contribution in [0.25, 0.3) is 0 Å². The number of carbonyl (C=O) groups excluding carboxylic acids is 1. The van der Waals surface area contributed by atoms with Gasteiger partial charge in [-0.15, -0.1) is 0 Å². The van der Waals surface area contributed by atoms with Crippen LogP contribution in [0.3, 0.4) is 0 Å². The van der Waals surface area contributed by atoms with Crippen LogP contribution < -0.4 is 0 Å². The number of aliphatic hydroxyl groups is 1. The Morgan fingerprint density at radius 2 is 1.41 bits per heavy atom. The fourth-order valence-corrected chi connectivity index (χ4v) is 2.12. The Balaban J connectivity index is 3.10. The molecule has 0 aliphatic rings. The first-order chi connectivity index (χ1) is 8.16. The number of carbonyl (C=O) groups is 1. The number of hydrogen-bond donors (Lipinski definition) is 1. The van der Waals surface area contributed by atoms with E-state index in [2.05, 4.69) is 6.92 Å². The number of hydrogen-bond acceptors (Lipinski definition) is 2. The normalized spacial score (nSPS) is 12.6. The molecule has 0 aromatic rings. The van der Waals surface area contributed by atoms with Gasteiger partial charge in [-0.25, -0.2) is 0 Å². The van der Waals surface area contributed by atoms with Crippen molar-refractivity contribution >= 4 is 5.78 Å². The lowest BCUT2D eigenvalue weighted by molar-refractivity contribution is -0.118. The first kappa shape index (κ1) is 16.6. The molecule has 2 heteroatoms. The molecule has 0 spiro atoms. The molecule has 0 rings (SSSR count). The number of unbranched alkanes of at least 4 members (excludes halogenated alkanes) is 8. The Bertz CT molecular complexity index is 178. The highest BCUT2D eigenvalue weighted by atomic mass is 16.3. The molecule has 102 valence electrons. The summed E-state index contributed by atoms with van der Waals surface area (Å²) in [5.41, 5.74) is 0. The van der Waals surface area contributed by atoms with Crippen LogP contribution in [0.2, 0.25) is 0 Å². The van der Waals surface area contributed by atoms with Crippen LogP contribution in [0.1, 0.15) is 84.5 Å². The van der Waals surface area contributed by atoms with E-state index in [4.69, 9.17) is 0 Å². The molecule has 0 amide bonds. The van der Waals surface area contributed by atoms with Crippen molar-refractivity contribution in [2.45, 2.75) is 90.6 Å². The predicted molar refractivity (Wildman–Crippen MR) is 73.1 cm³/mol. The van der Waals surface area contributed by atoms with Gasteiger partial charge in [0.05, 0.1) is 6.10 Å². The fraction of sp³-hybridized carbons (Fsp3) is 0.933. The maximum absolute atomic E-state index is 10.8. The third-order valence-corrected chi connectivity index (χ3v) is 3.16.